The van der Waals surface area contributed by atoms with Crippen molar-refractivity contribution in [3.63, 3.8) is 0 Å². The summed E-state index contributed by atoms with van der Waals surface area (Å²) in [6.45, 7) is 1.08. The lowest BCUT2D eigenvalue weighted by Crippen LogP contribution is -2.42. The van der Waals surface area contributed by atoms with Crippen molar-refractivity contribution in [2.45, 2.75) is 18.9 Å². The van der Waals surface area contributed by atoms with Crippen LogP contribution in [-0.4, -0.2) is 40.1 Å². The number of aliphatic carboxylic acids is 1. The van der Waals surface area contributed by atoms with Crippen LogP contribution in [0.2, 0.25) is 0 Å². The van der Waals surface area contributed by atoms with Gasteiger partial charge in [0.2, 0.25) is 5.91 Å². The number of carboxylic acids is 1. The van der Waals surface area contributed by atoms with Crippen molar-refractivity contribution >= 4 is 17.8 Å². The number of amides is 2. The third-order valence-corrected chi connectivity index (χ3v) is 2.57. The summed E-state index contributed by atoms with van der Waals surface area (Å²) in [7, 11) is 0. The Bertz CT molecular complexity index is 539. The van der Waals surface area contributed by atoms with Gasteiger partial charge in [-0.25, -0.2) is 0 Å². The molecule has 1 unspecified atom stereocenters. The van der Waals surface area contributed by atoms with E-state index in [1.54, 1.807) is 0 Å². The highest BCUT2D eigenvalue weighted by molar-refractivity contribution is 5.99. The Morgan fingerprint density at radius 3 is 2.45 bits per heavy atom. The maximum Gasteiger partial charge on any atom is 0.306 e. The van der Waals surface area contributed by atoms with Crippen molar-refractivity contribution in [2.75, 3.05) is 6.54 Å². The van der Waals surface area contributed by atoms with E-state index in [-0.39, 0.29) is 17.7 Å². The molecule has 0 aliphatic heterocycles. The lowest BCUT2D eigenvalue weighted by atomic mass is 10.0. The number of aliphatic hydroxyl groups is 1. The Kier molecular flexibility index (Phi) is 4.82. The number of nitrogens with one attached hydrogen (secondary N) is 1. The second-order valence-electron chi connectivity index (χ2n) is 4.70. The predicted octanol–water partition coefficient (Wildman–Crippen LogP) is -0.259. The second-order valence-corrected chi connectivity index (χ2v) is 4.70. The maximum atomic E-state index is 11.8. The number of carboxylic acid groups (broad SMARTS) is 1. The van der Waals surface area contributed by atoms with E-state index in [1.165, 1.54) is 31.2 Å². The van der Waals surface area contributed by atoms with Gasteiger partial charge in [0.05, 0.1) is 12.0 Å². The van der Waals surface area contributed by atoms with E-state index >= 15 is 0 Å². The monoisotopic (exact) mass is 280 g/mol. The number of carbonyl (C=O) groups excluding carboxylic acids is 2. The molecule has 1 atom stereocenters. The summed E-state index contributed by atoms with van der Waals surface area (Å²) in [4.78, 5) is 33.4. The van der Waals surface area contributed by atoms with E-state index in [0.717, 1.165) is 0 Å². The zero-order valence-electron chi connectivity index (χ0n) is 10.9. The second kappa shape index (κ2) is 6.16. The van der Waals surface area contributed by atoms with Crippen LogP contribution in [0, 0.1) is 0 Å². The number of rotatable bonds is 6. The molecule has 20 heavy (non-hydrogen) atoms. The van der Waals surface area contributed by atoms with Gasteiger partial charge in [-0.2, -0.15) is 0 Å². The Morgan fingerprint density at radius 1 is 1.30 bits per heavy atom. The molecule has 0 spiro atoms. The minimum Gasteiger partial charge on any atom is -0.481 e. The SMILES string of the molecule is CC(O)(CNC(=O)c1cccc(C(N)=O)c1)CC(=O)O. The van der Waals surface area contributed by atoms with Crippen LogP contribution in [0.15, 0.2) is 24.3 Å². The fraction of sp³-hybridized carbons (Fsp3) is 0.308. The van der Waals surface area contributed by atoms with E-state index in [4.69, 9.17) is 10.8 Å². The first-order chi connectivity index (χ1) is 9.21. The van der Waals surface area contributed by atoms with Crippen molar-refractivity contribution in [1.82, 2.24) is 5.32 Å². The molecule has 0 radical (unpaired) electrons. The summed E-state index contributed by atoms with van der Waals surface area (Å²) in [5.74, 6) is -2.35. The average molecular weight is 280 g/mol. The van der Waals surface area contributed by atoms with Crippen molar-refractivity contribution < 1.29 is 24.6 Å². The van der Waals surface area contributed by atoms with Crippen LogP contribution in [0.3, 0.4) is 0 Å². The van der Waals surface area contributed by atoms with E-state index in [9.17, 15) is 19.5 Å². The van der Waals surface area contributed by atoms with Gasteiger partial charge in [0.1, 0.15) is 0 Å². The van der Waals surface area contributed by atoms with Gasteiger partial charge < -0.3 is 21.3 Å². The molecule has 2 amide bonds. The minimum atomic E-state index is -1.55. The highest BCUT2D eigenvalue weighted by atomic mass is 16.4. The highest BCUT2D eigenvalue weighted by Crippen LogP contribution is 2.09. The number of nitrogens with two attached hydrogens (primary N) is 1. The molecule has 0 heterocycles. The fourth-order valence-electron chi connectivity index (χ4n) is 1.57. The first-order valence-corrected chi connectivity index (χ1v) is 5.83. The summed E-state index contributed by atoms with van der Waals surface area (Å²) >= 11 is 0. The third kappa shape index (κ3) is 4.69. The molecule has 0 bridgehead atoms. The lowest BCUT2D eigenvalue weighted by molar-refractivity contribution is -0.141. The van der Waals surface area contributed by atoms with Gasteiger partial charge in [-0.05, 0) is 25.1 Å². The fourth-order valence-corrected chi connectivity index (χ4v) is 1.57. The van der Waals surface area contributed by atoms with Crippen LogP contribution >= 0.6 is 0 Å². The third-order valence-electron chi connectivity index (χ3n) is 2.57. The standard InChI is InChI=1S/C13H16N2O5/c1-13(20,6-10(16)17)7-15-12(19)9-4-2-3-8(5-9)11(14)18/h2-5,20H,6-7H2,1H3,(H2,14,18)(H,15,19)(H,16,17). The first-order valence-electron chi connectivity index (χ1n) is 5.83. The Hall–Kier alpha value is -2.41. The summed E-state index contributed by atoms with van der Waals surface area (Å²) in [6.07, 6.45) is -0.491. The quantitative estimate of drug-likeness (QED) is 0.570. The maximum absolute atomic E-state index is 11.8. The Balaban J connectivity index is 2.70. The van der Waals surface area contributed by atoms with Crippen LogP contribution in [0.1, 0.15) is 34.1 Å². The smallest absolute Gasteiger partial charge is 0.306 e. The molecule has 0 saturated carbocycles. The van der Waals surface area contributed by atoms with E-state index in [2.05, 4.69) is 5.32 Å². The van der Waals surface area contributed by atoms with Crippen LogP contribution in [0.5, 0.6) is 0 Å². The number of hydrogen-bond acceptors (Lipinski definition) is 4. The molecule has 7 nitrogen and oxygen atoms in total. The first kappa shape index (κ1) is 15.6. The van der Waals surface area contributed by atoms with Crippen LogP contribution in [-0.2, 0) is 4.79 Å². The lowest BCUT2D eigenvalue weighted by Gasteiger charge is -2.21. The summed E-state index contributed by atoms with van der Waals surface area (Å²) in [6, 6.07) is 5.78. The molecule has 0 saturated heterocycles. The van der Waals surface area contributed by atoms with Crippen LogP contribution in [0.25, 0.3) is 0 Å². The summed E-state index contributed by atoms with van der Waals surface area (Å²) < 4.78 is 0. The van der Waals surface area contributed by atoms with Gasteiger partial charge in [0.15, 0.2) is 0 Å². The van der Waals surface area contributed by atoms with Crippen LogP contribution in [0.4, 0.5) is 0 Å². The molecular weight excluding hydrogens is 264 g/mol. The summed E-state index contributed by atoms with van der Waals surface area (Å²) in [5.41, 5.74) is 3.94. The number of primary amides is 1. The Labute approximate surface area is 115 Å². The molecule has 7 heteroatoms. The molecule has 0 fully saturated rings. The molecule has 5 N–H and O–H groups in total. The topological polar surface area (TPSA) is 130 Å². The van der Waals surface area contributed by atoms with Gasteiger partial charge in [0.25, 0.3) is 5.91 Å². The molecule has 0 aliphatic carbocycles. The molecule has 108 valence electrons. The van der Waals surface area contributed by atoms with Crippen molar-refractivity contribution in [3.8, 4) is 0 Å². The molecule has 0 aliphatic rings. The average Bonchev–Trinajstić information content (AvgIpc) is 2.34. The van der Waals surface area contributed by atoms with Gasteiger partial charge in [-0.3, -0.25) is 14.4 Å². The van der Waals surface area contributed by atoms with Gasteiger partial charge in [-0.15, -0.1) is 0 Å². The zero-order chi connectivity index (χ0) is 15.3. The molecule has 1 aromatic rings. The van der Waals surface area contributed by atoms with Crippen molar-refractivity contribution in [1.29, 1.82) is 0 Å². The molecular formula is C13H16N2O5. The minimum absolute atomic E-state index is 0.190. The zero-order valence-corrected chi connectivity index (χ0v) is 10.9. The summed E-state index contributed by atoms with van der Waals surface area (Å²) in [5, 5.41) is 20.8. The van der Waals surface area contributed by atoms with Gasteiger partial charge in [0, 0.05) is 17.7 Å². The van der Waals surface area contributed by atoms with E-state index < -0.39 is 29.8 Å². The van der Waals surface area contributed by atoms with E-state index in [0.29, 0.717) is 0 Å². The highest BCUT2D eigenvalue weighted by Gasteiger charge is 2.25. The van der Waals surface area contributed by atoms with Crippen molar-refractivity contribution in [2.24, 2.45) is 5.73 Å². The predicted molar refractivity (Wildman–Crippen MR) is 70.2 cm³/mol. The molecule has 1 rings (SSSR count). The molecule has 0 aromatic heterocycles. The normalized spacial score (nSPS) is 13.3. The van der Waals surface area contributed by atoms with E-state index in [1.807, 2.05) is 0 Å². The van der Waals surface area contributed by atoms with Crippen LogP contribution < -0.4 is 11.1 Å². The van der Waals surface area contributed by atoms with Gasteiger partial charge in [-0.1, -0.05) is 6.07 Å². The number of benzene rings is 1. The van der Waals surface area contributed by atoms with Crippen molar-refractivity contribution in [3.05, 3.63) is 35.4 Å². The number of hydrogen-bond donors (Lipinski definition) is 4. The van der Waals surface area contributed by atoms with Gasteiger partial charge >= 0.3 is 5.97 Å². The Morgan fingerprint density at radius 2 is 1.90 bits per heavy atom. The number of carbonyl (C=O) groups is 3. The largest absolute Gasteiger partial charge is 0.481 e. The molecule has 1 aromatic carbocycles.